The molecule has 0 atom stereocenters. The molecule has 0 spiro atoms. The first kappa shape index (κ1) is 42.4. The van der Waals surface area contributed by atoms with E-state index in [0.29, 0.717) is 0 Å². The van der Waals surface area contributed by atoms with E-state index in [1.807, 2.05) is 0 Å². The summed E-state index contributed by atoms with van der Waals surface area (Å²) in [4.78, 5) is 8.14. The molecule has 0 fully saturated rings. The van der Waals surface area contributed by atoms with Gasteiger partial charge in [0.1, 0.15) is 37.9 Å². The predicted octanol–water partition coefficient (Wildman–Crippen LogP) is -2.11. The molecule has 240 valence electrons. The molecule has 2 rings (SSSR count). The Kier molecular flexibility index (Phi) is 18.6. The SMILES string of the molecule is O=S(=O)([O-])OOCCOc1cc(Oc2ccc(OC(F)=C(F)F)c(OCCOOS(=O)(=O)[O-])c2)ccc1OC(F)=C(F)F.[Li+].[Li+]. The monoisotopic (exact) mass is 686 g/mol. The van der Waals surface area contributed by atoms with Crippen LogP contribution in [0.3, 0.4) is 0 Å². The van der Waals surface area contributed by atoms with Crippen molar-refractivity contribution in [3.05, 3.63) is 60.6 Å². The standard InChI is InChI=1S/C20H16F6O15S2.2Li/c21-17(22)19(25)38-13-3-1-11(9-15(13)33-5-7-35-40-42(27,28)29)37-12-2-4-14(39-20(26)18(23)24)16(10-12)34-6-8-36-41-43(30,31)32;;/h1-4,9-10H,5-8H2,(H,27,28,29)(H,30,31,32);;/q;2*+1/p-2. The molecule has 0 N–H and O–H groups in total. The molecule has 0 radical (unpaired) electrons. The number of benzene rings is 2. The largest absolute Gasteiger partial charge is 1.00 e. The van der Waals surface area contributed by atoms with Gasteiger partial charge in [-0.25, -0.2) is 26.6 Å². The Morgan fingerprint density at radius 2 is 0.933 bits per heavy atom. The molecule has 0 unspecified atom stereocenters. The average molecular weight is 686 g/mol. The van der Waals surface area contributed by atoms with Crippen LogP contribution in [0.5, 0.6) is 34.5 Å². The van der Waals surface area contributed by atoms with Crippen molar-refractivity contribution in [3.63, 3.8) is 0 Å². The van der Waals surface area contributed by atoms with E-state index in [9.17, 15) is 52.3 Å². The van der Waals surface area contributed by atoms with Crippen molar-refractivity contribution in [2.75, 3.05) is 26.4 Å². The Morgan fingerprint density at radius 3 is 1.24 bits per heavy atom. The summed E-state index contributed by atoms with van der Waals surface area (Å²) < 4.78 is 170. The number of hydrogen-bond donors (Lipinski definition) is 0. The summed E-state index contributed by atoms with van der Waals surface area (Å²) in [5.41, 5.74) is 0. The molecule has 0 aliphatic heterocycles. The number of hydrogen-bond acceptors (Lipinski definition) is 15. The van der Waals surface area contributed by atoms with Crippen LogP contribution < -0.4 is 61.4 Å². The normalized spacial score (nSPS) is 10.9. The Labute approximate surface area is 273 Å². The molecule has 2 aromatic rings. The van der Waals surface area contributed by atoms with Crippen molar-refractivity contribution < 1.29 is 132 Å². The summed E-state index contributed by atoms with van der Waals surface area (Å²) in [6, 6.07) is 1.10. The van der Waals surface area contributed by atoms with Gasteiger partial charge < -0.3 is 32.8 Å². The quantitative estimate of drug-likeness (QED) is 0.0241. The van der Waals surface area contributed by atoms with Crippen LogP contribution in [0.1, 0.15) is 0 Å². The molecule has 15 nitrogen and oxygen atoms in total. The zero-order valence-electron chi connectivity index (χ0n) is 22.5. The maximum Gasteiger partial charge on any atom is 1.00 e. The van der Waals surface area contributed by atoms with E-state index in [0.717, 1.165) is 36.4 Å². The second-order valence-electron chi connectivity index (χ2n) is 6.88. The van der Waals surface area contributed by atoms with E-state index >= 15 is 0 Å². The molecule has 0 amide bonds. The molecular formula is C20H14F6Li2O15S2. The first-order valence-corrected chi connectivity index (χ1v) is 13.2. The van der Waals surface area contributed by atoms with Gasteiger partial charge in [-0.3, -0.25) is 0 Å². The van der Waals surface area contributed by atoms with Gasteiger partial charge in [-0.05, 0) is 24.3 Å². The summed E-state index contributed by atoms with van der Waals surface area (Å²) in [5, 5.41) is 0. The topological polar surface area (TPSA) is 197 Å². The summed E-state index contributed by atoms with van der Waals surface area (Å²) in [6.07, 6.45) is -5.66. The van der Waals surface area contributed by atoms with E-state index in [-0.39, 0.29) is 49.2 Å². The summed E-state index contributed by atoms with van der Waals surface area (Å²) in [6.45, 7) is -2.67. The van der Waals surface area contributed by atoms with Crippen molar-refractivity contribution in [1.29, 1.82) is 0 Å². The fourth-order valence-electron chi connectivity index (χ4n) is 2.46. The molecule has 25 heteroatoms. The Morgan fingerprint density at radius 1 is 0.578 bits per heavy atom. The molecule has 45 heavy (non-hydrogen) atoms. The van der Waals surface area contributed by atoms with Crippen LogP contribution in [-0.4, -0.2) is 52.4 Å². The third kappa shape index (κ3) is 17.0. The van der Waals surface area contributed by atoms with E-state index in [4.69, 9.17) is 14.2 Å². The van der Waals surface area contributed by atoms with Crippen LogP contribution in [0.2, 0.25) is 0 Å². The summed E-state index contributed by atoms with van der Waals surface area (Å²) in [7, 11) is -10.4. The third-order valence-electron chi connectivity index (χ3n) is 3.87. The molecule has 0 aromatic heterocycles. The molecule has 0 heterocycles. The van der Waals surface area contributed by atoms with Crippen molar-refractivity contribution in [1.82, 2.24) is 0 Å². The second-order valence-corrected chi connectivity index (χ2v) is 8.79. The minimum atomic E-state index is -5.22. The van der Waals surface area contributed by atoms with Gasteiger partial charge in [-0.1, -0.05) is 0 Å². The van der Waals surface area contributed by atoms with E-state index in [2.05, 4.69) is 27.9 Å². The predicted molar refractivity (Wildman–Crippen MR) is 119 cm³/mol. The fraction of sp³-hybridized carbons (Fsp3) is 0.200. The zero-order valence-corrected chi connectivity index (χ0v) is 24.1. The smallest absolute Gasteiger partial charge is 0.724 e. The fourth-order valence-corrected chi connectivity index (χ4v) is 2.83. The molecule has 0 aliphatic carbocycles. The van der Waals surface area contributed by atoms with Gasteiger partial charge in [0.25, 0.3) is 0 Å². The Balaban J connectivity index is 0.00000968. The molecule has 2 aromatic carbocycles. The van der Waals surface area contributed by atoms with Crippen molar-refractivity contribution in [2.24, 2.45) is 0 Å². The van der Waals surface area contributed by atoms with Crippen LogP contribution in [-0.2, 0) is 39.2 Å². The maximum atomic E-state index is 13.4. The van der Waals surface area contributed by atoms with Gasteiger partial charge in [0, 0.05) is 12.1 Å². The van der Waals surface area contributed by atoms with E-state index in [1.165, 1.54) is 0 Å². The van der Waals surface area contributed by atoms with Gasteiger partial charge in [-0.2, -0.15) is 26.3 Å². The average Bonchev–Trinajstić information content (AvgIpc) is 2.89. The Bertz CT molecular complexity index is 1420. The molecule has 0 saturated heterocycles. The minimum absolute atomic E-state index is 0. The van der Waals surface area contributed by atoms with Crippen LogP contribution in [0.25, 0.3) is 0 Å². The van der Waals surface area contributed by atoms with Gasteiger partial charge in [0.05, 0.1) is 0 Å². The van der Waals surface area contributed by atoms with Gasteiger partial charge in [0.2, 0.25) is 20.8 Å². The van der Waals surface area contributed by atoms with Crippen molar-refractivity contribution >= 4 is 20.8 Å². The second kappa shape index (κ2) is 19.8. The van der Waals surface area contributed by atoms with Crippen LogP contribution in [0.4, 0.5) is 26.3 Å². The minimum Gasteiger partial charge on any atom is -0.724 e. The van der Waals surface area contributed by atoms with Crippen LogP contribution in [0, 0.1) is 0 Å². The van der Waals surface area contributed by atoms with Crippen LogP contribution >= 0.6 is 0 Å². The summed E-state index contributed by atoms with van der Waals surface area (Å²) in [5.74, 6) is -2.72. The first-order chi connectivity index (χ1) is 20.0. The molecule has 0 aliphatic rings. The summed E-state index contributed by atoms with van der Waals surface area (Å²) >= 11 is 0. The van der Waals surface area contributed by atoms with Crippen LogP contribution in [0.15, 0.2) is 60.6 Å². The Hall–Kier alpha value is -2.65. The maximum absolute atomic E-state index is 13.4. The van der Waals surface area contributed by atoms with Gasteiger partial charge in [0.15, 0.2) is 23.0 Å². The van der Waals surface area contributed by atoms with Gasteiger partial charge >= 0.3 is 61.9 Å². The van der Waals surface area contributed by atoms with E-state index < -0.39 is 94.4 Å². The molecule has 0 bridgehead atoms. The molecule has 0 saturated carbocycles. The first-order valence-electron chi connectivity index (χ1n) is 10.6. The number of halogens is 6. The zero-order chi connectivity index (χ0) is 32.2. The van der Waals surface area contributed by atoms with Crippen molar-refractivity contribution in [2.45, 2.75) is 0 Å². The molecular weight excluding hydrogens is 672 g/mol. The van der Waals surface area contributed by atoms with Crippen molar-refractivity contribution in [3.8, 4) is 34.5 Å². The number of rotatable bonds is 18. The van der Waals surface area contributed by atoms with Gasteiger partial charge in [-0.15, -0.1) is 8.67 Å². The van der Waals surface area contributed by atoms with E-state index in [1.54, 1.807) is 0 Å². The number of ether oxygens (including phenoxy) is 5. The third-order valence-corrected chi connectivity index (χ3v) is 4.40.